The highest BCUT2D eigenvalue weighted by molar-refractivity contribution is 5.71. The Kier molecular flexibility index (Phi) is 42.3. The van der Waals surface area contributed by atoms with Crippen LogP contribution in [-0.4, -0.2) is 37.2 Å². The summed E-state index contributed by atoms with van der Waals surface area (Å²) in [5.41, 5.74) is 0. The van der Waals surface area contributed by atoms with Crippen LogP contribution in [0.4, 0.5) is 0 Å². The van der Waals surface area contributed by atoms with Crippen LogP contribution in [0, 0.1) is 17.8 Å². The summed E-state index contributed by atoms with van der Waals surface area (Å²) < 4.78 is 16.8. The van der Waals surface area contributed by atoms with E-state index in [1.807, 2.05) is 0 Å². The highest BCUT2D eigenvalue weighted by Gasteiger charge is 2.19. The molecule has 0 aliphatic heterocycles. The lowest BCUT2D eigenvalue weighted by Crippen LogP contribution is -2.30. The largest absolute Gasteiger partial charge is 0.462 e. The van der Waals surface area contributed by atoms with Gasteiger partial charge in [-0.2, -0.15) is 0 Å². The van der Waals surface area contributed by atoms with Crippen molar-refractivity contribution in [3.8, 4) is 0 Å². The zero-order valence-electron chi connectivity index (χ0n) is 39.8. The van der Waals surface area contributed by atoms with Gasteiger partial charge in [-0.05, 0) is 37.0 Å². The second-order valence-corrected chi connectivity index (χ2v) is 19.2. The molecule has 0 spiro atoms. The monoisotopic (exact) mass is 821 g/mol. The number of ether oxygens (including phenoxy) is 3. The van der Waals surface area contributed by atoms with Crippen molar-refractivity contribution in [2.45, 2.75) is 285 Å². The second kappa shape index (κ2) is 43.5. The molecule has 1 atom stereocenters. The number of hydrogen-bond donors (Lipinski definition) is 0. The summed E-state index contributed by atoms with van der Waals surface area (Å²) in [6.45, 7) is 13.7. The lowest BCUT2D eigenvalue weighted by molar-refractivity contribution is -0.167. The maximum Gasteiger partial charge on any atom is 0.306 e. The summed E-state index contributed by atoms with van der Waals surface area (Å²) in [6, 6.07) is 0. The van der Waals surface area contributed by atoms with Crippen molar-refractivity contribution in [1.82, 2.24) is 0 Å². The van der Waals surface area contributed by atoms with Crippen LogP contribution in [0.5, 0.6) is 0 Å². The Hall–Kier alpha value is -1.59. The maximum atomic E-state index is 12.7. The molecule has 0 bridgehead atoms. The first-order valence-electron chi connectivity index (χ1n) is 25.6. The summed E-state index contributed by atoms with van der Waals surface area (Å²) in [5, 5.41) is 0. The Morgan fingerprint density at radius 2 is 0.500 bits per heavy atom. The summed E-state index contributed by atoms with van der Waals surface area (Å²) in [4.78, 5) is 37.9. The van der Waals surface area contributed by atoms with Gasteiger partial charge < -0.3 is 14.2 Å². The van der Waals surface area contributed by atoms with Crippen LogP contribution in [0.2, 0.25) is 0 Å². The van der Waals surface area contributed by atoms with E-state index in [4.69, 9.17) is 14.2 Å². The van der Waals surface area contributed by atoms with Crippen molar-refractivity contribution < 1.29 is 28.6 Å². The molecule has 0 fully saturated rings. The number of hydrogen-bond acceptors (Lipinski definition) is 6. The first-order valence-corrected chi connectivity index (χ1v) is 25.6. The van der Waals surface area contributed by atoms with Gasteiger partial charge in [0.25, 0.3) is 0 Å². The van der Waals surface area contributed by atoms with Crippen molar-refractivity contribution in [3.63, 3.8) is 0 Å². The molecule has 0 heterocycles. The van der Waals surface area contributed by atoms with Gasteiger partial charge in [0.2, 0.25) is 0 Å². The van der Waals surface area contributed by atoms with Crippen molar-refractivity contribution >= 4 is 17.9 Å². The van der Waals surface area contributed by atoms with E-state index in [9.17, 15) is 14.4 Å². The summed E-state index contributed by atoms with van der Waals surface area (Å²) in [6.07, 6.45) is 42.4. The number of carbonyl (C=O) groups excluding carboxylic acids is 3. The van der Waals surface area contributed by atoms with Crippen LogP contribution in [0.25, 0.3) is 0 Å². The molecule has 0 saturated carbocycles. The highest BCUT2D eigenvalue weighted by atomic mass is 16.6. The van der Waals surface area contributed by atoms with Crippen LogP contribution in [0.1, 0.15) is 279 Å². The molecule has 0 amide bonds. The normalized spacial score (nSPS) is 12.2. The summed E-state index contributed by atoms with van der Waals surface area (Å²) >= 11 is 0. The highest BCUT2D eigenvalue weighted by Crippen LogP contribution is 2.17. The molecule has 0 unspecified atom stereocenters. The third-order valence-corrected chi connectivity index (χ3v) is 11.6. The smallest absolute Gasteiger partial charge is 0.306 e. The van der Waals surface area contributed by atoms with E-state index < -0.39 is 6.10 Å². The van der Waals surface area contributed by atoms with E-state index in [2.05, 4.69) is 41.5 Å². The molecule has 0 rings (SSSR count). The number of rotatable bonds is 45. The minimum absolute atomic E-state index is 0.0652. The van der Waals surface area contributed by atoms with Crippen LogP contribution in [-0.2, 0) is 28.6 Å². The molecular formula is C52H100O6. The van der Waals surface area contributed by atoms with E-state index >= 15 is 0 Å². The lowest BCUT2D eigenvalue weighted by atomic mass is 10.0. The standard InChI is InChI=1S/C52H100O6/c1-46(2)38-32-26-20-14-11-9-7-8-10-12-16-23-29-35-41-50(53)56-44-49(58-52(55)43-37-31-25-19-18-22-28-34-40-48(5)6)45-57-51(54)42-36-30-24-17-13-15-21-27-33-39-47(3)4/h46-49H,7-45H2,1-6H3/t49-/m1/s1. The van der Waals surface area contributed by atoms with Crippen molar-refractivity contribution in [1.29, 1.82) is 0 Å². The maximum absolute atomic E-state index is 12.7. The molecule has 6 heteroatoms. The predicted molar refractivity (Wildman–Crippen MR) is 247 cm³/mol. The van der Waals surface area contributed by atoms with Crippen molar-refractivity contribution in [2.75, 3.05) is 13.2 Å². The fourth-order valence-corrected chi connectivity index (χ4v) is 7.76. The van der Waals surface area contributed by atoms with Crippen LogP contribution >= 0.6 is 0 Å². The Morgan fingerprint density at radius 1 is 0.293 bits per heavy atom. The van der Waals surface area contributed by atoms with Crippen molar-refractivity contribution in [2.24, 2.45) is 17.8 Å². The van der Waals surface area contributed by atoms with Crippen molar-refractivity contribution in [3.05, 3.63) is 0 Å². The summed E-state index contributed by atoms with van der Waals surface area (Å²) in [5.74, 6) is 1.59. The predicted octanol–water partition coefficient (Wildman–Crippen LogP) is 16.4. The average Bonchev–Trinajstić information content (AvgIpc) is 3.18. The Labute approximate surface area is 361 Å². The van der Waals surface area contributed by atoms with E-state index in [-0.39, 0.29) is 31.1 Å². The number of unbranched alkanes of at least 4 members (excludes halogenated alkanes) is 28. The van der Waals surface area contributed by atoms with Gasteiger partial charge in [-0.15, -0.1) is 0 Å². The van der Waals surface area contributed by atoms with Gasteiger partial charge in [0.15, 0.2) is 6.10 Å². The van der Waals surface area contributed by atoms with Gasteiger partial charge >= 0.3 is 17.9 Å². The number of esters is 3. The van der Waals surface area contributed by atoms with E-state index in [1.54, 1.807) is 0 Å². The zero-order chi connectivity index (χ0) is 42.7. The molecule has 0 aliphatic carbocycles. The molecule has 6 nitrogen and oxygen atoms in total. The molecule has 0 aliphatic rings. The minimum atomic E-state index is -0.763. The van der Waals surface area contributed by atoms with E-state index in [0.29, 0.717) is 19.3 Å². The first kappa shape index (κ1) is 56.4. The van der Waals surface area contributed by atoms with Gasteiger partial charge in [0.1, 0.15) is 13.2 Å². The average molecular weight is 821 g/mol. The minimum Gasteiger partial charge on any atom is -0.462 e. The van der Waals surface area contributed by atoms with Gasteiger partial charge in [-0.1, -0.05) is 241 Å². The molecule has 0 N–H and O–H groups in total. The topological polar surface area (TPSA) is 78.9 Å². The second-order valence-electron chi connectivity index (χ2n) is 19.2. The zero-order valence-corrected chi connectivity index (χ0v) is 39.8. The van der Waals surface area contributed by atoms with E-state index in [1.165, 1.54) is 161 Å². The fraction of sp³-hybridized carbons (Fsp3) is 0.942. The number of carbonyl (C=O) groups is 3. The molecule has 0 saturated heterocycles. The SMILES string of the molecule is CC(C)CCCCCCCCCCCCCCCCC(=O)OC[C@H](COC(=O)CCCCCCCCCCCC(C)C)OC(=O)CCCCCCCCCCC(C)C. The van der Waals surface area contributed by atoms with Crippen LogP contribution in [0.3, 0.4) is 0 Å². The Balaban J connectivity index is 4.28. The first-order chi connectivity index (χ1) is 28.1. The lowest BCUT2D eigenvalue weighted by Gasteiger charge is -2.18. The molecule has 0 radical (unpaired) electrons. The fourth-order valence-electron chi connectivity index (χ4n) is 7.76. The van der Waals surface area contributed by atoms with Gasteiger partial charge in [0, 0.05) is 19.3 Å². The molecule has 0 aromatic rings. The van der Waals surface area contributed by atoms with Gasteiger partial charge in [0.05, 0.1) is 0 Å². The third-order valence-electron chi connectivity index (χ3n) is 11.6. The molecule has 344 valence electrons. The summed E-state index contributed by atoms with van der Waals surface area (Å²) in [7, 11) is 0. The molecule has 0 aromatic carbocycles. The van der Waals surface area contributed by atoms with Crippen LogP contribution < -0.4 is 0 Å². The molecule has 0 aromatic heterocycles. The van der Waals surface area contributed by atoms with Crippen LogP contribution in [0.15, 0.2) is 0 Å². The van der Waals surface area contributed by atoms with E-state index in [0.717, 1.165) is 75.5 Å². The third kappa shape index (κ3) is 45.5. The quantitative estimate of drug-likeness (QED) is 0.0346. The van der Waals surface area contributed by atoms with Gasteiger partial charge in [-0.25, -0.2) is 0 Å². The molecule has 58 heavy (non-hydrogen) atoms. The Morgan fingerprint density at radius 3 is 0.741 bits per heavy atom. The van der Waals surface area contributed by atoms with Gasteiger partial charge in [-0.3, -0.25) is 14.4 Å². The molecular weight excluding hydrogens is 721 g/mol. The Bertz CT molecular complexity index is 898.